The molecule has 1 rings (SSSR count). The van der Waals surface area contributed by atoms with Gasteiger partial charge in [-0.2, -0.15) is 5.10 Å². The van der Waals surface area contributed by atoms with E-state index in [9.17, 15) is 9.59 Å². The molecule has 0 aliphatic heterocycles. The van der Waals surface area contributed by atoms with Gasteiger partial charge in [0.1, 0.15) is 0 Å². The van der Waals surface area contributed by atoms with Crippen molar-refractivity contribution in [1.82, 2.24) is 15.1 Å². The molecule has 0 radical (unpaired) electrons. The van der Waals surface area contributed by atoms with Crippen LogP contribution in [0.4, 0.5) is 0 Å². The number of carbonyl (C=O) groups excluding carboxylic acids is 1. The van der Waals surface area contributed by atoms with Gasteiger partial charge < -0.3 is 10.4 Å². The first-order valence-corrected chi connectivity index (χ1v) is 12.1. The summed E-state index contributed by atoms with van der Waals surface area (Å²) in [6.45, 7) is 2.84. The molecule has 1 amide bonds. The number of aryl methyl sites for hydroxylation is 1. The van der Waals surface area contributed by atoms with Gasteiger partial charge in [0.2, 0.25) is 0 Å². The van der Waals surface area contributed by atoms with Crippen molar-refractivity contribution >= 4 is 11.9 Å². The first-order chi connectivity index (χ1) is 14.6. The Balaban J connectivity index is 1.89. The van der Waals surface area contributed by atoms with Gasteiger partial charge in [0.25, 0.3) is 5.91 Å². The van der Waals surface area contributed by atoms with Gasteiger partial charge in [-0.05, 0) is 6.42 Å². The number of carboxylic acid groups (broad SMARTS) is 1. The van der Waals surface area contributed by atoms with Crippen molar-refractivity contribution in [2.45, 2.75) is 110 Å². The van der Waals surface area contributed by atoms with E-state index in [1.54, 1.807) is 7.05 Å². The second kappa shape index (κ2) is 16.9. The summed E-state index contributed by atoms with van der Waals surface area (Å²) in [4.78, 5) is 23.2. The number of unbranched alkanes of at least 4 members (excludes halogenated alkanes) is 15. The van der Waals surface area contributed by atoms with E-state index in [0.29, 0.717) is 6.54 Å². The van der Waals surface area contributed by atoms with Crippen LogP contribution in [-0.4, -0.2) is 33.3 Å². The van der Waals surface area contributed by atoms with Crippen molar-refractivity contribution in [2.24, 2.45) is 7.05 Å². The van der Waals surface area contributed by atoms with Crippen molar-refractivity contribution in [3.63, 3.8) is 0 Å². The zero-order valence-electron chi connectivity index (χ0n) is 19.3. The predicted octanol–water partition coefficient (Wildman–Crippen LogP) is 6.11. The molecule has 0 aliphatic carbocycles. The van der Waals surface area contributed by atoms with E-state index in [0.717, 1.165) is 12.8 Å². The van der Waals surface area contributed by atoms with Gasteiger partial charge in [0, 0.05) is 19.8 Å². The van der Waals surface area contributed by atoms with Crippen molar-refractivity contribution in [1.29, 1.82) is 0 Å². The number of carbonyl (C=O) groups is 2. The minimum atomic E-state index is -1.18. The van der Waals surface area contributed by atoms with Crippen LogP contribution in [0.25, 0.3) is 0 Å². The molecule has 1 aromatic rings. The maximum absolute atomic E-state index is 12.1. The van der Waals surface area contributed by atoms with Crippen LogP contribution >= 0.6 is 0 Å². The average Bonchev–Trinajstić information content (AvgIpc) is 3.12. The largest absolute Gasteiger partial charge is 0.476 e. The van der Waals surface area contributed by atoms with Gasteiger partial charge in [-0.3, -0.25) is 9.48 Å². The molecule has 1 heterocycles. The number of carboxylic acids is 1. The Hall–Kier alpha value is -1.85. The van der Waals surface area contributed by atoms with E-state index in [2.05, 4.69) is 17.3 Å². The van der Waals surface area contributed by atoms with Crippen LogP contribution in [0.1, 0.15) is 131 Å². The smallest absolute Gasteiger partial charge is 0.357 e. The fraction of sp³-hybridized carbons (Fsp3) is 0.792. The molecule has 0 spiro atoms. The SMILES string of the molecule is CCCCCCCCCCCCCCCCCCNC(=O)c1cn(C)nc1C(=O)O. The summed E-state index contributed by atoms with van der Waals surface area (Å²) in [7, 11) is 1.61. The van der Waals surface area contributed by atoms with Gasteiger partial charge in [-0.25, -0.2) is 4.79 Å². The van der Waals surface area contributed by atoms with Crippen molar-refractivity contribution in [2.75, 3.05) is 6.54 Å². The monoisotopic (exact) mass is 421 g/mol. The minimum absolute atomic E-state index is 0.126. The Morgan fingerprint density at radius 2 is 1.27 bits per heavy atom. The fourth-order valence-electron chi connectivity index (χ4n) is 3.78. The normalized spacial score (nSPS) is 11.0. The molecule has 0 aromatic carbocycles. The number of aromatic carboxylic acids is 1. The number of nitrogens with zero attached hydrogens (tertiary/aromatic N) is 2. The van der Waals surface area contributed by atoms with Crippen molar-refractivity contribution < 1.29 is 14.7 Å². The molecule has 0 saturated carbocycles. The highest BCUT2D eigenvalue weighted by molar-refractivity contribution is 6.03. The molecule has 0 bridgehead atoms. The summed E-state index contributed by atoms with van der Waals surface area (Å²) < 4.78 is 1.35. The highest BCUT2D eigenvalue weighted by Gasteiger charge is 2.20. The van der Waals surface area contributed by atoms with E-state index in [4.69, 9.17) is 5.11 Å². The molecular formula is C24H43N3O3. The number of hydrogen-bond acceptors (Lipinski definition) is 3. The molecule has 0 atom stereocenters. The first kappa shape index (κ1) is 26.2. The Morgan fingerprint density at radius 1 is 0.833 bits per heavy atom. The highest BCUT2D eigenvalue weighted by Crippen LogP contribution is 2.13. The zero-order valence-corrected chi connectivity index (χ0v) is 19.3. The molecular weight excluding hydrogens is 378 g/mol. The number of rotatable bonds is 19. The second-order valence-corrected chi connectivity index (χ2v) is 8.43. The van der Waals surface area contributed by atoms with Crippen LogP contribution in [0.15, 0.2) is 6.20 Å². The van der Waals surface area contributed by atoms with Gasteiger partial charge >= 0.3 is 5.97 Å². The van der Waals surface area contributed by atoms with Crippen molar-refractivity contribution in [3.05, 3.63) is 17.5 Å². The summed E-state index contributed by atoms with van der Waals surface area (Å²) in [5.74, 6) is -1.54. The lowest BCUT2D eigenvalue weighted by Crippen LogP contribution is -2.25. The van der Waals surface area contributed by atoms with Crippen LogP contribution in [0.2, 0.25) is 0 Å². The topological polar surface area (TPSA) is 84.2 Å². The number of aromatic nitrogens is 2. The molecule has 172 valence electrons. The van der Waals surface area contributed by atoms with Crippen LogP contribution in [0.5, 0.6) is 0 Å². The van der Waals surface area contributed by atoms with Crippen LogP contribution < -0.4 is 5.32 Å². The third kappa shape index (κ3) is 12.0. The Morgan fingerprint density at radius 3 is 1.70 bits per heavy atom. The maximum atomic E-state index is 12.1. The summed E-state index contributed by atoms with van der Waals surface area (Å²) in [6, 6.07) is 0. The Kier molecular flexibility index (Phi) is 14.7. The van der Waals surface area contributed by atoms with E-state index in [-0.39, 0.29) is 17.2 Å². The molecule has 0 fully saturated rings. The molecule has 30 heavy (non-hydrogen) atoms. The fourth-order valence-corrected chi connectivity index (χ4v) is 3.78. The van der Waals surface area contributed by atoms with E-state index in [1.807, 2.05) is 0 Å². The molecule has 6 nitrogen and oxygen atoms in total. The van der Waals surface area contributed by atoms with Crippen molar-refractivity contribution in [3.8, 4) is 0 Å². The van der Waals surface area contributed by atoms with E-state index in [1.165, 1.54) is 101 Å². The Bertz CT molecular complexity index is 599. The minimum Gasteiger partial charge on any atom is -0.476 e. The number of amides is 1. The van der Waals surface area contributed by atoms with Crippen LogP contribution in [-0.2, 0) is 7.05 Å². The summed E-state index contributed by atoms with van der Waals surface area (Å²) in [6.07, 6.45) is 22.5. The molecule has 1 aromatic heterocycles. The lowest BCUT2D eigenvalue weighted by molar-refractivity contribution is 0.0684. The molecule has 6 heteroatoms. The summed E-state index contributed by atoms with van der Waals surface area (Å²) in [5.41, 5.74) is -0.0662. The average molecular weight is 422 g/mol. The van der Waals surface area contributed by atoms with Gasteiger partial charge in [-0.1, -0.05) is 103 Å². The van der Waals surface area contributed by atoms with E-state index < -0.39 is 5.97 Å². The molecule has 0 unspecified atom stereocenters. The Labute approximate surface area is 182 Å². The predicted molar refractivity (Wildman–Crippen MR) is 122 cm³/mol. The van der Waals surface area contributed by atoms with Gasteiger partial charge in [0.05, 0.1) is 5.56 Å². The lowest BCUT2D eigenvalue weighted by atomic mass is 10.0. The zero-order chi connectivity index (χ0) is 22.0. The third-order valence-electron chi connectivity index (χ3n) is 5.59. The lowest BCUT2D eigenvalue weighted by Gasteiger charge is -2.05. The summed E-state index contributed by atoms with van der Waals surface area (Å²) >= 11 is 0. The van der Waals surface area contributed by atoms with Crippen LogP contribution in [0, 0.1) is 0 Å². The maximum Gasteiger partial charge on any atom is 0.357 e. The first-order valence-electron chi connectivity index (χ1n) is 12.1. The third-order valence-corrected chi connectivity index (χ3v) is 5.59. The molecule has 2 N–H and O–H groups in total. The number of nitrogens with one attached hydrogen (secondary N) is 1. The quantitative estimate of drug-likeness (QED) is 0.264. The van der Waals surface area contributed by atoms with Gasteiger partial charge in [0.15, 0.2) is 5.69 Å². The molecule has 0 aliphatic rings. The standard InChI is InChI=1S/C24H43N3O3/c1-3-4-5-6-7-8-9-10-11-12-13-14-15-16-17-18-19-25-23(28)21-20-27(2)26-22(21)24(29)30/h20H,3-19H2,1-2H3,(H,25,28)(H,29,30). The second-order valence-electron chi connectivity index (χ2n) is 8.43. The highest BCUT2D eigenvalue weighted by atomic mass is 16.4. The summed E-state index contributed by atoms with van der Waals surface area (Å²) in [5, 5.41) is 15.7. The van der Waals surface area contributed by atoms with E-state index >= 15 is 0 Å². The molecule has 0 saturated heterocycles. The number of hydrogen-bond donors (Lipinski definition) is 2. The van der Waals surface area contributed by atoms with Gasteiger partial charge in [-0.15, -0.1) is 0 Å². The van der Waals surface area contributed by atoms with Crippen LogP contribution in [0.3, 0.4) is 0 Å².